The van der Waals surface area contributed by atoms with Gasteiger partial charge in [-0.15, -0.1) is 22.7 Å². The van der Waals surface area contributed by atoms with E-state index >= 15 is 0 Å². The number of thiophene rings is 1. The summed E-state index contributed by atoms with van der Waals surface area (Å²) in [5, 5.41) is 9.89. The minimum Gasteiger partial charge on any atom is -0.454 e. The number of nitrogens with zero attached hydrogens (tertiary/aromatic N) is 4. The van der Waals surface area contributed by atoms with Crippen molar-refractivity contribution >= 4 is 45.5 Å². The quantitative estimate of drug-likeness (QED) is 0.346. The normalized spacial score (nSPS) is 12.4. The van der Waals surface area contributed by atoms with E-state index in [-0.39, 0.29) is 0 Å². The molecule has 0 saturated heterocycles. The molecule has 0 N–H and O–H groups in total. The Bertz CT molecular complexity index is 1340. The first-order valence-electron chi connectivity index (χ1n) is 9.01. The molecule has 0 aliphatic carbocycles. The Balaban J connectivity index is 1.67. The minimum atomic E-state index is 0.749. The predicted molar refractivity (Wildman–Crippen MR) is 119 cm³/mol. The average molecular weight is 417 g/mol. The van der Waals surface area contributed by atoms with Gasteiger partial charge < -0.3 is 4.42 Å². The van der Waals surface area contributed by atoms with Crippen molar-refractivity contribution < 1.29 is 4.42 Å². The summed E-state index contributed by atoms with van der Waals surface area (Å²) in [6, 6.07) is 15.9. The average Bonchev–Trinajstić information content (AvgIpc) is 3.45. The number of hydrogen-bond donors (Lipinski definition) is 0. The number of benzene rings is 1. The van der Waals surface area contributed by atoms with Gasteiger partial charge in [-0.05, 0) is 48.2 Å². The van der Waals surface area contributed by atoms with Gasteiger partial charge in [0.1, 0.15) is 11.3 Å². The van der Waals surface area contributed by atoms with Crippen LogP contribution in [-0.2, 0) is 0 Å². The van der Waals surface area contributed by atoms with Gasteiger partial charge in [0.15, 0.2) is 5.76 Å². The molecule has 0 fully saturated rings. The lowest BCUT2D eigenvalue weighted by molar-refractivity contribution is 0.622. The van der Waals surface area contributed by atoms with E-state index in [4.69, 9.17) is 14.5 Å². The summed E-state index contributed by atoms with van der Waals surface area (Å²) >= 11 is 3.18. The lowest BCUT2D eigenvalue weighted by atomic mass is 10.2. The fraction of sp³-hybridized carbons (Fsp3) is 0.0455. The van der Waals surface area contributed by atoms with Gasteiger partial charge in [0, 0.05) is 17.0 Å². The molecule has 4 heterocycles. The molecule has 5 rings (SSSR count). The summed E-state index contributed by atoms with van der Waals surface area (Å²) in [5.41, 5.74) is 3.69. The second-order valence-electron chi connectivity index (χ2n) is 6.40. The molecule has 0 bridgehead atoms. The molecule has 7 heteroatoms. The van der Waals surface area contributed by atoms with Gasteiger partial charge in [-0.1, -0.05) is 18.2 Å². The van der Waals surface area contributed by atoms with Crippen LogP contribution in [0.5, 0.6) is 0 Å². The molecule has 142 valence electrons. The highest BCUT2D eigenvalue weighted by Gasteiger charge is 2.13. The molecular formula is C22H16N4OS2. The molecule has 0 spiro atoms. The van der Waals surface area contributed by atoms with Gasteiger partial charge >= 0.3 is 0 Å². The second-order valence-corrected chi connectivity index (χ2v) is 8.18. The second kappa shape index (κ2) is 7.62. The van der Waals surface area contributed by atoms with E-state index in [2.05, 4.69) is 23.4 Å². The summed E-state index contributed by atoms with van der Waals surface area (Å²) in [6.07, 6.45) is 5.35. The van der Waals surface area contributed by atoms with Crippen molar-refractivity contribution in [3.05, 3.63) is 86.9 Å². The van der Waals surface area contributed by atoms with Crippen molar-refractivity contribution in [2.75, 3.05) is 0 Å². The molecule has 29 heavy (non-hydrogen) atoms. The number of hydrogen-bond acceptors (Lipinski definition) is 6. The summed E-state index contributed by atoms with van der Waals surface area (Å²) in [6.45, 7) is 2.08. The van der Waals surface area contributed by atoms with Crippen LogP contribution >= 0.6 is 22.7 Å². The Kier molecular flexibility index (Phi) is 4.67. The van der Waals surface area contributed by atoms with Gasteiger partial charge in [-0.2, -0.15) is 5.10 Å². The van der Waals surface area contributed by atoms with Crippen molar-refractivity contribution in [1.29, 1.82) is 0 Å². The van der Waals surface area contributed by atoms with Crippen LogP contribution in [0.4, 0.5) is 5.69 Å². The molecule has 0 unspecified atom stereocenters. The predicted octanol–water partition coefficient (Wildman–Crippen LogP) is 5.84. The Morgan fingerprint density at radius 1 is 1.10 bits per heavy atom. The van der Waals surface area contributed by atoms with E-state index in [0.29, 0.717) is 0 Å². The zero-order valence-electron chi connectivity index (χ0n) is 15.5. The van der Waals surface area contributed by atoms with Crippen LogP contribution in [0, 0.1) is 6.92 Å². The van der Waals surface area contributed by atoms with Crippen molar-refractivity contribution in [3.63, 3.8) is 0 Å². The zero-order chi connectivity index (χ0) is 19.6. The van der Waals surface area contributed by atoms with Crippen LogP contribution in [0.15, 0.2) is 86.2 Å². The molecule has 4 aromatic heterocycles. The standard InChI is InChI=1S/C22H16N4OS2/c1-15-8-10-28-21(15)13-24-26-18(20-11-16-5-2-3-7-19(16)27-20)14-29-22(26)25-17-6-4-9-23-12-17/h2-14H,1H3. The topological polar surface area (TPSA) is 55.7 Å². The van der Waals surface area contributed by atoms with Crippen LogP contribution in [0.2, 0.25) is 0 Å². The zero-order valence-corrected chi connectivity index (χ0v) is 17.2. The number of fused-ring (bicyclic) bond motifs is 1. The maximum Gasteiger partial charge on any atom is 0.211 e. The van der Waals surface area contributed by atoms with Gasteiger partial charge in [0.2, 0.25) is 4.80 Å². The van der Waals surface area contributed by atoms with Crippen molar-refractivity contribution in [2.24, 2.45) is 10.1 Å². The summed E-state index contributed by atoms with van der Waals surface area (Å²) in [4.78, 5) is 10.7. The third-order valence-corrected chi connectivity index (χ3v) is 6.20. The summed E-state index contributed by atoms with van der Waals surface area (Å²) in [7, 11) is 0. The van der Waals surface area contributed by atoms with E-state index < -0.39 is 0 Å². The Morgan fingerprint density at radius 2 is 2.03 bits per heavy atom. The highest BCUT2D eigenvalue weighted by molar-refractivity contribution is 7.11. The molecule has 1 aromatic carbocycles. The lowest BCUT2D eigenvalue weighted by Gasteiger charge is -2.00. The fourth-order valence-electron chi connectivity index (χ4n) is 2.92. The van der Waals surface area contributed by atoms with Crippen molar-refractivity contribution in [3.8, 4) is 11.5 Å². The molecule has 0 aliphatic rings. The number of aryl methyl sites for hydroxylation is 1. The van der Waals surface area contributed by atoms with Crippen LogP contribution in [0.25, 0.3) is 22.4 Å². The number of para-hydroxylation sites is 1. The monoisotopic (exact) mass is 416 g/mol. The molecule has 5 nitrogen and oxygen atoms in total. The van der Waals surface area contributed by atoms with E-state index in [1.165, 1.54) is 16.9 Å². The van der Waals surface area contributed by atoms with Gasteiger partial charge in [0.25, 0.3) is 0 Å². The Labute approximate surface area is 174 Å². The van der Waals surface area contributed by atoms with Crippen LogP contribution in [-0.4, -0.2) is 15.9 Å². The van der Waals surface area contributed by atoms with Crippen LogP contribution < -0.4 is 4.80 Å². The highest BCUT2D eigenvalue weighted by Crippen LogP contribution is 2.28. The largest absolute Gasteiger partial charge is 0.454 e. The van der Waals surface area contributed by atoms with E-state index in [0.717, 1.165) is 37.8 Å². The third kappa shape index (κ3) is 3.57. The SMILES string of the molecule is Cc1ccsc1C=Nn1c(-c2cc3ccccc3o2)csc1=Nc1cccnc1. The van der Waals surface area contributed by atoms with Crippen molar-refractivity contribution in [1.82, 2.24) is 9.66 Å². The molecule has 5 aromatic rings. The van der Waals surface area contributed by atoms with E-state index in [9.17, 15) is 0 Å². The minimum absolute atomic E-state index is 0.749. The van der Waals surface area contributed by atoms with Crippen LogP contribution in [0.3, 0.4) is 0 Å². The third-order valence-electron chi connectivity index (χ3n) is 4.43. The first-order chi connectivity index (χ1) is 14.3. The number of thiazole rings is 1. The van der Waals surface area contributed by atoms with Gasteiger partial charge in [-0.3, -0.25) is 4.98 Å². The molecule has 0 amide bonds. The smallest absolute Gasteiger partial charge is 0.211 e. The first kappa shape index (κ1) is 17.8. The van der Waals surface area contributed by atoms with Gasteiger partial charge in [0.05, 0.1) is 23.0 Å². The highest BCUT2D eigenvalue weighted by atomic mass is 32.1. The first-order valence-corrected chi connectivity index (χ1v) is 10.8. The van der Waals surface area contributed by atoms with E-state index in [1.807, 2.05) is 58.7 Å². The number of aromatic nitrogens is 2. The van der Waals surface area contributed by atoms with Crippen LogP contribution in [0.1, 0.15) is 10.4 Å². The van der Waals surface area contributed by atoms with Gasteiger partial charge in [-0.25, -0.2) is 9.67 Å². The lowest BCUT2D eigenvalue weighted by Crippen LogP contribution is -2.11. The summed E-state index contributed by atoms with van der Waals surface area (Å²) < 4.78 is 7.91. The molecule has 0 atom stereocenters. The maximum absolute atomic E-state index is 6.08. The Morgan fingerprint density at radius 3 is 2.83 bits per heavy atom. The maximum atomic E-state index is 6.08. The fourth-order valence-corrected chi connectivity index (χ4v) is 4.54. The summed E-state index contributed by atoms with van der Waals surface area (Å²) in [5.74, 6) is 0.759. The molecule has 0 saturated carbocycles. The molecule has 0 aliphatic heterocycles. The number of rotatable bonds is 4. The molecular weight excluding hydrogens is 400 g/mol. The van der Waals surface area contributed by atoms with Crippen molar-refractivity contribution in [2.45, 2.75) is 6.92 Å². The Hall–Kier alpha value is -3.29. The number of furan rings is 1. The number of pyridine rings is 1. The van der Waals surface area contributed by atoms with E-state index in [1.54, 1.807) is 23.7 Å². The molecule has 0 radical (unpaired) electrons.